The number of aliphatic hydroxyl groups is 1. The van der Waals surface area contributed by atoms with Gasteiger partial charge < -0.3 is 10.4 Å². The molecule has 0 aromatic heterocycles. The van der Waals surface area contributed by atoms with E-state index in [9.17, 15) is 5.11 Å². The van der Waals surface area contributed by atoms with Crippen LogP contribution in [0.2, 0.25) is 0 Å². The van der Waals surface area contributed by atoms with E-state index in [-0.39, 0.29) is 0 Å². The smallest absolute Gasteiger partial charge is 0.0771 e. The first-order chi connectivity index (χ1) is 8.61. The molecule has 2 rings (SSSR count). The van der Waals surface area contributed by atoms with Crippen LogP contribution >= 0.6 is 0 Å². The molecule has 2 N–H and O–H groups in total. The molecule has 2 aliphatic rings. The molecule has 0 amide bonds. The van der Waals surface area contributed by atoms with E-state index in [0.29, 0.717) is 6.04 Å². The summed E-state index contributed by atoms with van der Waals surface area (Å²) in [5, 5.41) is 14.0. The number of nitrogens with zero attached hydrogens (tertiary/aromatic N) is 1. The van der Waals surface area contributed by atoms with E-state index in [0.717, 1.165) is 32.0 Å². The Morgan fingerprint density at radius 3 is 2.39 bits per heavy atom. The van der Waals surface area contributed by atoms with Gasteiger partial charge in [0.1, 0.15) is 0 Å². The van der Waals surface area contributed by atoms with Crippen LogP contribution in [0.4, 0.5) is 0 Å². The predicted octanol–water partition coefficient (Wildman–Crippen LogP) is 2.14. The average molecular weight is 254 g/mol. The van der Waals surface area contributed by atoms with E-state index in [1.165, 1.54) is 38.5 Å². The van der Waals surface area contributed by atoms with Gasteiger partial charge in [0, 0.05) is 25.2 Å². The maximum atomic E-state index is 10.5. The third-order valence-electron chi connectivity index (χ3n) is 4.75. The molecule has 2 saturated carbocycles. The molecule has 1 atom stereocenters. The maximum Gasteiger partial charge on any atom is 0.0771 e. The van der Waals surface area contributed by atoms with Crippen molar-refractivity contribution in [2.45, 2.75) is 76.0 Å². The molecule has 0 aliphatic heterocycles. The van der Waals surface area contributed by atoms with Gasteiger partial charge in [-0.15, -0.1) is 0 Å². The highest BCUT2D eigenvalue weighted by Gasteiger charge is 2.30. The molecule has 2 aliphatic carbocycles. The van der Waals surface area contributed by atoms with Crippen molar-refractivity contribution in [2.75, 3.05) is 20.1 Å². The fourth-order valence-corrected chi connectivity index (χ4v) is 3.06. The van der Waals surface area contributed by atoms with Crippen LogP contribution in [0.1, 0.15) is 58.3 Å². The van der Waals surface area contributed by atoms with Gasteiger partial charge in [-0.05, 0) is 39.7 Å². The molecule has 0 aromatic rings. The first-order valence-corrected chi connectivity index (χ1v) is 7.76. The summed E-state index contributed by atoms with van der Waals surface area (Å²) in [5.74, 6) is 0. The lowest BCUT2D eigenvalue weighted by Crippen LogP contribution is -2.45. The second-order valence-corrected chi connectivity index (χ2v) is 6.52. The SMILES string of the molecule is CC(CNCC1(O)CCCCCC1)N(C)C1CC1. The van der Waals surface area contributed by atoms with Gasteiger partial charge in [0.2, 0.25) is 0 Å². The second kappa shape index (κ2) is 6.36. The lowest BCUT2D eigenvalue weighted by atomic mass is 9.94. The van der Waals surface area contributed by atoms with Gasteiger partial charge in [0.15, 0.2) is 0 Å². The van der Waals surface area contributed by atoms with Crippen LogP contribution in [0.3, 0.4) is 0 Å². The Kier molecular flexibility index (Phi) is 5.05. The molecule has 0 aromatic carbocycles. The van der Waals surface area contributed by atoms with Gasteiger partial charge >= 0.3 is 0 Å². The fourth-order valence-electron chi connectivity index (χ4n) is 3.06. The molecule has 3 heteroatoms. The summed E-state index contributed by atoms with van der Waals surface area (Å²) in [5.41, 5.74) is -0.436. The maximum absolute atomic E-state index is 10.5. The Labute approximate surface area is 112 Å². The highest BCUT2D eigenvalue weighted by atomic mass is 16.3. The van der Waals surface area contributed by atoms with Crippen molar-refractivity contribution in [1.82, 2.24) is 10.2 Å². The van der Waals surface area contributed by atoms with Crippen molar-refractivity contribution in [3.8, 4) is 0 Å². The molecule has 2 fully saturated rings. The molecule has 0 bridgehead atoms. The quantitative estimate of drug-likeness (QED) is 0.713. The van der Waals surface area contributed by atoms with E-state index >= 15 is 0 Å². The standard InChI is InChI=1S/C15H30N2O/c1-13(17(2)14-7-8-14)11-16-12-15(18)9-5-3-4-6-10-15/h13-14,16,18H,3-12H2,1-2H3. The molecule has 0 spiro atoms. The Bertz CT molecular complexity index is 245. The van der Waals surface area contributed by atoms with Crippen molar-refractivity contribution < 1.29 is 5.11 Å². The van der Waals surface area contributed by atoms with Gasteiger partial charge in [0.05, 0.1) is 5.60 Å². The summed E-state index contributed by atoms with van der Waals surface area (Å²) in [4.78, 5) is 2.48. The lowest BCUT2D eigenvalue weighted by Gasteiger charge is -2.30. The molecule has 18 heavy (non-hydrogen) atoms. The zero-order valence-electron chi connectivity index (χ0n) is 12.1. The minimum absolute atomic E-state index is 0.436. The first-order valence-electron chi connectivity index (χ1n) is 7.76. The predicted molar refractivity (Wildman–Crippen MR) is 75.8 cm³/mol. The van der Waals surface area contributed by atoms with Gasteiger partial charge in [-0.2, -0.15) is 0 Å². The van der Waals surface area contributed by atoms with Crippen molar-refractivity contribution in [3.05, 3.63) is 0 Å². The molecule has 0 saturated heterocycles. The van der Waals surface area contributed by atoms with Crippen molar-refractivity contribution in [2.24, 2.45) is 0 Å². The Balaban J connectivity index is 1.66. The molecule has 0 heterocycles. The van der Waals surface area contributed by atoms with Gasteiger partial charge in [-0.25, -0.2) is 0 Å². The Hall–Kier alpha value is -0.120. The number of rotatable bonds is 6. The Morgan fingerprint density at radius 2 is 1.83 bits per heavy atom. The summed E-state index contributed by atoms with van der Waals surface area (Å²) >= 11 is 0. The fraction of sp³-hybridized carbons (Fsp3) is 1.00. The normalized spacial score (nSPS) is 26.0. The molecule has 0 radical (unpaired) electrons. The van der Waals surface area contributed by atoms with Crippen molar-refractivity contribution in [1.29, 1.82) is 0 Å². The van der Waals surface area contributed by atoms with Crippen LogP contribution < -0.4 is 5.32 Å². The van der Waals surface area contributed by atoms with Crippen LogP contribution in [0.25, 0.3) is 0 Å². The van der Waals surface area contributed by atoms with Crippen LogP contribution in [0.15, 0.2) is 0 Å². The topological polar surface area (TPSA) is 35.5 Å². The number of hydrogen-bond acceptors (Lipinski definition) is 3. The highest BCUT2D eigenvalue weighted by Crippen LogP contribution is 2.27. The Morgan fingerprint density at radius 1 is 1.22 bits per heavy atom. The molecule has 3 nitrogen and oxygen atoms in total. The molecule has 1 unspecified atom stereocenters. The average Bonchev–Trinajstić information content (AvgIpc) is 3.15. The zero-order valence-corrected chi connectivity index (χ0v) is 12.1. The van der Waals surface area contributed by atoms with Crippen LogP contribution in [-0.2, 0) is 0 Å². The van der Waals surface area contributed by atoms with E-state index < -0.39 is 5.60 Å². The summed E-state index contributed by atoms with van der Waals surface area (Å²) in [6.45, 7) is 4.05. The van der Waals surface area contributed by atoms with E-state index in [4.69, 9.17) is 0 Å². The molecule has 106 valence electrons. The van der Waals surface area contributed by atoms with Gasteiger partial charge in [0.25, 0.3) is 0 Å². The van der Waals surface area contributed by atoms with Crippen molar-refractivity contribution in [3.63, 3.8) is 0 Å². The summed E-state index contributed by atoms with van der Waals surface area (Å²) < 4.78 is 0. The largest absolute Gasteiger partial charge is 0.389 e. The first kappa shape index (κ1) is 14.3. The monoisotopic (exact) mass is 254 g/mol. The lowest BCUT2D eigenvalue weighted by molar-refractivity contribution is 0.0240. The third-order valence-corrected chi connectivity index (χ3v) is 4.75. The van der Waals surface area contributed by atoms with Crippen LogP contribution in [-0.4, -0.2) is 47.8 Å². The van der Waals surface area contributed by atoms with E-state index in [1.807, 2.05) is 0 Å². The van der Waals surface area contributed by atoms with E-state index in [1.54, 1.807) is 0 Å². The summed E-state index contributed by atoms with van der Waals surface area (Å²) in [6, 6.07) is 1.40. The van der Waals surface area contributed by atoms with E-state index in [2.05, 4.69) is 24.2 Å². The number of likely N-dealkylation sites (N-methyl/N-ethyl adjacent to an activating group) is 1. The number of nitrogens with one attached hydrogen (secondary N) is 1. The minimum Gasteiger partial charge on any atom is -0.389 e. The van der Waals surface area contributed by atoms with Gasteiger partial charge in [-0.1, -0.05) is 25.7 Å². The second-order valence-electron chi connectivity index (χ2n) is 6.52. The van der Waals surface area contributed by atoms with Crippen LogP contribution in [0, 0.1) is 0 Å². The zero-order chi connectivity index (χ0) is 13.0. The highest BCUT2D eigenvalue weighted by molar-refractivity contribution is 4.87. The van der Waals surface area contributed by atoms with Crippen LogP contribution in [0.5, 0.6) is 0 Å². The van der Waals surface area contributed by atoms with Gasteiger partial charge in [-0.3, -0.25) is 4.90 Å². The minimum atomic E-state index is -0.436. The molecular weight excluding hydrogens is 224 g/mol. The summed E-state index contributed by atoms with van der Waals surface area (Å²) in [7, 11) is 2.23. The third kappa shape index (κ3) is 4.22. The van der Waals surface area contributed by atoms with Crippen molar-refractivity contribution >= 4 is 0 Å². The summed E-state index contributed by atoms with van der Waals surface area (Å²) in [6.07, 6.45) is 9.66. The molecular formula is C15H30N2O. The number of hydrogen-bond donors (Lipinski definition) is 2.